The molecule has 1 rings (SSSR count). The number of hydrogen-bond acceptors (Lipinski definition) is 2. The van der Waals surface area contributed by atoms with Crippen LogP contribution in [0.3, 0.4) is 0 Å². The van der Waals surface area contributed by atoms with Gasteiger partial charge in [-0.05, 0) is 36.7 Å². The molecule has 0 heterocycles. The Morgan fingerprint density at radius 1 is 1.53 bits per heavy atom. The molecule has 0 radical (unpaired) electrons. The van der Waals surface area contributed by atoms with E-state index >= 15 is 0 Å². The van der Waals surface area contributed by atoms with Gasteiger partial charge in [-0.2, -0.15) is 0 Å². The third kappa shape index (κ3) is 4.71. The van der Waals surface area contributed by atoms with Gasteiger partial charge in [-0.3, -0.25) is 9.69 Å². The second kappa shape index (κ2) is 6.57. The van der Waals surface area contributed by atoms with Crippen LogP contribution in [0.1, 0.15) is 18.9 Å². The van der Waals surface area contributed by atoms with Crippen molar-refractivity contribution in [1.82, 2.24) is 4.90 Å². The van der Waals surface area contributed by atoms with Crippen molar-refractivity contribution in [2.24, 2.45) is 0 Å². The van der Waals surface area contributed by atoms with Crippen molar-refractivity contribution in [3.05, 3.63) is 34.6 Å². The second-order valence-corrected chi connectivity index (χ2v) is 4.25. The fourth-order valence-corrected chi connectivity index (χ4v) is 1.80. The topological polar surface area (TPSA) is 40.5 Å². The fourth-order valence-electron chi connectivity index (χ4n) is 1.63. The molecule has 0 aliphatic carbocycles. The van der Waals surface area contributed by atoms with E-state index in [9.17, 15) is 9.18 Å². The Kier molecular flexibility index (Phi) is 5.38. The molecule has 3 nitrogen and oxygen atoms in total. The van der Waals surface area contributed by atoms with Crippen molar-refractivity contribution < 1.29 is 14.3 Å². The average Bonchev–Trinajstić information content (AvgIpc) is 2.23. The van der Waals surface area contributed by atoms with Gasteiger partial charge in [0, 0.05) is 11.6 Å². The van der Waals surface area contributed by atoms with Crippen LogP contribution in [0, 0.1) is 5.82 Å². The standard InChI is InChI=1S/C12H15ClFNO2/c1-2-5-15(8-12(16)17)7-9-6-10(14)3-4-11(9)13/h3-4,6H,2,5,7-8H2,1H3,(H,16,17). The molecule has 1 aromatic rings. The number of halogens is 2. The number of carboxylic acids is 1. The van der Waals surface area contributed by atoms with Crippen LogP contribution >= 0.6 is 11.6 Å². The first-order valence-electron chi connectivity index (χ1n) is 5.41. The smallest absolute Gasteiger partial charge is 0.317 e. The van der Waals surface area contributed by atoms with Crippen molar-refractivity contribution in [1.29, 1.82) is 0 Å². The number of rotatable bonds is 6. The Labute approximate surface area is 105 Å². The molecule has 0 aliphatic heterocycles. The van der Waals surface area contributed by atoms with Gasteiger partial charge in [-0.1, -0.05) is 18.5 Å². The van der Waals surface area contributed by atoms with Gasteiger partial charge >= 0.3 is 5.97 Å². The first-order chi connectivity index (χ1) is 8.02. The van der Waals surface area contributed by atoms with E-state index in [0.717, 1.165) is 6.42 Å². The van der Waals surface area contributed by atoms with Gasteiger partial charge in [-0.25, -0.2) is 4.39 Å². The number of benzene rings is 1. The highest BCUT2D eigenvalue weighted by Crippen LogP contribution is 2.19. The molecule has 0 aromatic heterocycles. The summed E-state index contributed by atoms with van der Waals surface area (Å²) in [6.07, 6.45) is 0.834. The molecular weight excluding hydrogens is 245 g/mol. The third-order valence-corrected chi connectivity index (χ3v) is 2.67. The first kappa shape index (κ1) is 13.9. The SMILES string of the molecule is CCCN(CC(=O)O)Cc1cc(F)ccc1Cl. The number of hydrogen-bond donors (Lipinski definition) is 1. The molecule has 17 heavy (non-hydrogen) atoms. The van der Waals surface area contributed by atoms with Crippen molar-refractivity contribution in [2.45, 2.75) is 19.9 Å². The summed E-state index contributed by atoms with van der Waals surface area (Å²) in [5.74, 6) is -1.26. The summed E-state index contributed by atoms with van der Waals surface area (Å²) in [5, 5.41) is 9.22. The maximum atomic E-state index is 13.1. The van der Waals surface area contributed by atoms with Crippen LogP contribution in [0.2, 0.25) is 5.02 Å². The number of carboxylic acid groups (broad SMARTS) is 1. The van der Waals surface area contributed by atoms with Gasteiger partial charge in [0.1, 0.15) is 5.82 Å². The van der Waals surface area contributed by atoms with Crippen LogP contribution in [-0.2, 0) is 11.3 Å². The minimum atomic E-state index is -0.897. The molecule has 0 spiro atoms. The molecule has 94 valence electrons. The Hall–Kier alpha value is -1.13. The molecule has 1 aromatic carbocycles. The Morgan fingerprint density at radius 2 is 2.24 bits per heavy atom. The molecular formula is C12H15ClFNO2. The minimum absolute atomic E-state index is 0.0688. The van der Waals surface area contributed by atoms with E-state index in [0.29, 0.717) is 23.7 Å². The van der Waals surface area contributed by atoms with Crippen LogP contribution in [0.15, 0.2) is 18.2 Å². The van der Waals surface area contributed by atoms with E-state index in [1.807, 2.05) is 6.92 Å². The second-order valence-electron chi connectivity index (χ2n) is 3.84. The quantitative estimate of drug-likeness (QED) is 0.854. The molecule has 0 saturated carbocycles. The average molecular weight is 260 g/mol. The molecule has 5 heteroatoms. The van der Waals surface area contributed by atoms with Crippen molar-refractivity contribution in [3.8, 4) is 0 Å². The van der Waals surface area contributed by atoms with Gasteiger partial charge in [0.2, 0.25) is 0 Å². The lowest BCUT2D eigenvalue weighted by Gasteiger charge is -2.20. The summed E-state index contributed by atoms with van der Waals surface area (Å²) in [4.78, 5) is 12.4. The van der Waals surface area contributed by atoms with Gasteiger partial charge < -0.3 is 5.11 Å². The van der Waals surface area contributed by atoms with Crippen molar-refractivity contribution in [2.75, 3.05) is 13.1 Å². The van der Waals surface area contributed by atoms with Crippen molar-refractivity contribution >= 4 is 17.6 Å². The summed E-state index contributed by atoms with van der Waals surface area (Å²) in [6.45, 7) is 2.87. The highest BCUT2D eigenvalue weighted by Gasteiger charge is 2.11. The van der Waals surface area contributed by atoms with E-state index < -0.39 is 5.97 Å². The van der Waals surface area contributed by atoms with Gasteiger partial charge in [0.15, 0.2) is 0 Å². The summed E-state index contributed by atoms with van der Waals surface area (Å²) in [7, 11) is 0. The Balaban J connectivity index is 2.77. The van der Waals surface area contributed by atoms with Crippen molar-refractivity contribution in [3.63, 3.8) is 0 Å². The van der Waals surface area contributed by atoms with E-state index in [2.05, 4.69) is 0 Å². The molecule has 0 aliphatic rings. The van der Waals surface area contributed by atoms with E-state index in [-0.39, 0.29) is 12.4 Å². The lowest BCUT2D eigenvalue weighted by molar-refractivity contribution is -0.138. The Morgan fingerprint density at radius 3 is 2.82 bits per heavy atom. The van der Waals surface area contributed by atoms with Gasteiger partial charge in [0.05, 0.1) is 6.54 Å². The van der Waals surface area contributed by atoms with Gasteiger partial charge in [0.25, 0.3) is 0 Å². The van der Waals surface area contributed by atoms with Crippen LogP contribution in [0.25, 0.3) is 0 Å². The summed E-state index contributed by atoms with van der Waals surface area (Å²) < 4.78 is 13.1. The zero-order chi connectivity index (χ0) is 12.8. The predicted molar refractivity (Wildman–Crippen MR) is 64.6 cm³/mol. The predicted octanol–water partition coefficient (Wildman–Crippen LogP) is 2.78. The number of aliphatic carboxylic acids is 1. The molecule has 0 amide bonds. The first-order valence-corrected chi connectivity index (χ1v) is 5.78. The summed E-state index contributed by atoms with van der Waals surface area (Å²) in [5.41, 5.74) is 0.612. The van der Waals surface area contributed by atoms with Crippen LogP contribution < -0.4 is 0 Å². The van der Waals surface area contributed by atoms with Crippen LogP contribution in [0.5, 0.6) is 0 Å². The lowest BCUT2D eigenvalue weighted by atomic mass is 10.2. The highest BCUT2D eigenvalue weighted by molar-refractivity contribution is 6.31. The van der Waals surface area contributed by atoms with Crippen LogP contribution in [0.4, 0.5) is 4.39 Å². The number of nitrogens with zero attached hydrogens (tertiary/aromatic N) is 1. The van der Waals surface area contributed by atoms with E-state index in [1.54, 1.807) is 4.90 Å². The molecule has 0 saturated heterocycles. The van der Waals surface area contributed by atoms with E-state index in [1.165, 1.54) is 18.2 Å². The monoisotopic (exact) mass is 259 g/mol. The Bertz CT molecular complexity index is 398. The largest absolute Gasteiger partial charge is 0.480 e. The molecule has 1 N–H and O–H groups in total. The lowest BCUT2D eigenvalue weighted by Crippen LogP contribution is -2.30. The molecule has 0 unspecified atom stereocenters. The molecule has 0 atom stereocenters. The number of carbonyl (C=O) groups is 1. The maximum Gasteiger partial charge on any atom is 0.317 e. The zero-order valence-corrected chi connectivity index (χ0v) is 10.4. The molecule has 0 fully saturated rings. The zero-order valence-electron chi connectivity index (χ0n) is 9.62. The summed E-state index contributed by atoms with van der Waals surface area (Å²) >= 11 is 5.94. The highest BCUT2D eigenvalue weighted by atomic mass is 35.5. The summed E-state index contributed by atoms with van der Waals surface area (Å²) in [6, 6.07) is 4.11. The normalized spacial score (nSPS) is 10.8. The maximum absolute atomic E-state index is 13.1. The fraction of sp³-hybridized carbons (Fsp3) is 0.417. The minimum Gasteiger partial charge on any atom is -0.480 e. The van der Waals surface area contributed by atoms with Gasteiger partial charge in [-0.15, -0.1) is 0 Å². The van der Waals surface area contributed by atoms with Crippen LogP contribution in [-0.4, -0.2) is 29.1 Å². The van der Waals surface area contributed by atoms with E-state index in [4.69, 9.17) is 16.7 Å². The third-order valence-electron chi connectivity index (χ3n) is 2.30. The molecule has 0 bridgehead atoms.